The molecule has 1 aliphatic heterocycles. The van der Waals surface area contributed by atoms with Gasteiger partial charge in [0.25, 0.3) is 0 Å². The Kier molecular flexibility index (Phi) is 3.52. The Bertz CT molecular complexity index is 811. The highest BCUT2D eigenvalue weighted by Gasteiger charge is 2.17. The highest BCUT2D eigenvalue weighted by atomic mass is 35.5. The third-order valence-corrected chi connectivity index (χ3v) is 4.21. The maximum atomic E-state index is 5.96. The second kappa shape index (κ2) is 5.66. The molecule has 0 aromatic carbocycles. The van der Waals surface area contributed by atoms with Crippen molar-refractivity contribution >= 4 is 22.6 Å². The summed E-state index contributed by atoms with van der Waals surface area (Å²) < 4.78 is 7.44. The number of pyridine rings is 2. The summed E-state index contributed by atoms with van der Waals surface area (Å²) in [6, 6.07) is 6.04. The molecule has 22 heavy (non-hydrogen) atoms. The van der Waals surface area contributed by atoms with Crippen LogP contribution in [-0.4, -0.2) is 33.0 Å². The molecule has 0 bridgehead atoms. The zero-order valence-electron chi connectivity index (χ0n) is 11.9. The SMILES string of the molecule is Clc1ccc2ncc(-c3cnn(C4CCOCC4)c3)cc2n1. The molecule has 0 amide bonds. The zero-order chi connectivity index (χ0) is 14.9. The molecule has 5 nitrogen and oxygen atoms in total. The Balaban J connectivity index is 1.68. The van der Waals surface area contributed by atoms with E-state index in [-0.39, 0.29) is 0 Å². The highest BCUT2D eigenvalue weighted by Crippen LogP contribution is 2.26. The molecule has 0 saturated carbocycles. The molecule has 3 aromatic rings. The molecule has 0 atom stereocenters. The molecular formula is C16H15ClN4O. The molecule has 112 valence electrons. The van der Waals surface area contributed by atoms with E-state index in [1.165, 1.54) is 0 Å². The average molecular weight is 315 g/mol. The Morgan fingerprint density at radius 3 is 2.82 bits per heavy atom. The molecule has 0 spiro atoms. The lowest BCUT2D eigenvalue weighted by atomic mass is 10.1. The standard InChI is InChI=1S/C16H15ClN4O/c17-16-2-1-14-15(20-16)7-11(8-18-14)12-9-19-21(10-12)13-3-5-22-6-4-13/h1-2,7-10,13H,3-6H2. The van der Waals surface area contributed by atoms with Gasteiger partial charge in [0.05, 0.1) is 23.3 Å². The quantitative estimate of drug-likeness (QED) is 0.679. The van der Waals surface area contributed by atoms with Crippen molar-refractivity contribution in [1.82, 2.24) is 19.7 Å². The van der Waals surface area contributed by atoms with Gasteiger partial charge in [-0.25, -0.2) is 4.98 Å². The first kappa shape index (κ1) is 13.7. The molecule has 4 rings (SSSR count). The van der Waals surface area contributed by atoms with Gasteiger partial charge in [-0.1, -0.05) is 11.6 Å². The second-order valence-corrected chi connectivity index (χ2v) is 5.84. The van der Waals surface area contributed by atoms with Crippen LogP contribution in [0.4, 0.5) is 0 Å². The highest BCUT2D eigenvalue weighted by molar-refractivity contribution is 6.29. The van der Waals surface area contributed by atoms with E-state index in [1.54, 1.807) is 6.07 Å². The lowest BCUT2D eigenvalue weighted by Gasteiger charge is -2.22. The van der Waals surface area contributed by atoms with Crippen LogP contribution in [0.5, 0.6) is 0 Å². The second-order valence-electron chi connectivity index (χ2n) is 5.45. The van der Waals surface area contributed by atoms with Crippen molar-refractivity contribution in [2.45, 2.75) is 18.9 Å². The van der Waals surface area contributed by atoms with E-state index in [1.807, 2.05) is 29.2 Å². The Morgan fingerprint density at radius 2 is 1.95 bits per heavy atom. The van der Waals surface area contributed by atoms with Gasteiger partial charge in [-0.05, 0) is 31.0 Å². The summed E-state index contributed by atoms with van der Waals surface area (Å²) in [5.74, 6) is 0. The minimum atomic E-state index is 0.420. The van der Waals surface area contributed by atoms with Crippen LogP contribution in [0, 0.1) is 0 Å². The first-order chi connectivity index (χ1) is 10.8. The minimum absolute atomic E-state index is 0.420. The molecule has 0 unspecified atom stereocenters. The molecule has 3 aromatic heterocycles. The van der Waals surface area contributed by atoms with Crippen LogP contribution in [0.25, 0.3) is 22.2 Å². The van der Waals surface area contributed by atoms with Crippen molar-refractivity contribution in [3.63, 3.8) is 0 Å². The number of rotatable bonds is 2. The summed E-state index contributed by atoms with van der Waals surface area (Å²) in [4.78, 5) is 8.76. The topological polar surface area (TPSA) is 52.8 Å². The number of ether oxygens (including phenoxy) is 1. The van der Waals surface area contributed by atoms with Crippen LogP contribution in [-0.2, 0) is 4.74 Å². The average Bonchev–Trinajstić information content (AvgIpc) is 3.05. The number of fused-ring (bicyclic) bond motifs is 1. The van der Waals surface area contributed by atoms with E-state index >= 15 is 0 Å². The lowest BCUT2D eigenvalue weighted by Crippen LogP contribution is -2.19. The first-order valence-electron chi connectivity index (χ1n) is 7.34. The van der Waals surface area contributed by atoms with Crippen LogP contribution in [0.2, 0.25) is 5.15 Å². The maximum absolute atomic E-state index is 5.96. The Labute approximate surface area is 132 Å². The molecule has 0 aliphatic carbocycles. The summed E-state index contributed by atoms with van der Waals surface area (Å²) in [5, 5.41) is 4.98. The normalized spacial score (nSPS) is 16.2. The van der Waals surface area contributed by atoms with Crippen LogP contribution >= 0.6 is 11.6 Å². The third kappa shape index (κ3) is 2.58. The molecule has 6 heteroatoms. The van der Waals surface area contributed by atoms with E-state index in [2.05, 4.69) is 21.3 Å². The Hall–Kier alpha value is -1.98. The largest absolute Gasteiger partial charge is 0.381 e. The van der Waals surface area contributed by atoms with Gasteiger partial charge in [0.1, 0.15) is 5.15 Å². The summed E-state index contributed by atoms with van der Waals surface area (Å²) in [7, 11) is 0. The molecule has 1 saturated heterocycles. The molecule has 0 N–H and O–H groups in total. The Morgan fingerprint density at radius 1 is 1.09 bits per heavy atom. The number of halogens is 1. The smallest absolute Gasteiger partial charge is 0.129 e. The summed E-state index contributed by atoms with van der Waals surface area (Å²) >= 11 is 5.96. The fourth-order valence-corrected chi connectivity index (χ4v) is 2.93. The minimum Gasteiger partial charge on any atom is -0.381 e. The van der Waals surface area contributed by atoms with Crippen molar-refractivity contribution < 1.29 is 4.74 Å². The summed E-state index contributed by atoms with van der Waals surface area (Å²) in [6.07, 6.45) is 7.82. The molecular weight excluding hydrogens is 300 g/mol. The van der Waals surface area contributed by atoms with Crippen molar-refractivity contribution in [2.24, 2.45) is 0 Å². The molecule has 1 aliphatic rings. The van der Waals surface area contributed by atoms with Crippen molar-refractivity contribution in [2.75, 3.05) is 13.2 Å². The monoisotopic (exact) mass is 314 g/mol. The van der Waals surface area contributed by atoms with Crippen LogP contribution in [0.1, 0.15) is 18.9 Å². The molecule has 4 heterocycles. The van der Waals surface area contributed by atoms with Crippen LogP contribution in [0.15, 0.2) is 36.8 Å². The van der Waals surface area contributed by atoms with Crippen LogP contribution < -0.4 is 0 Å². The van der Waals surface area contributed by atoms with Gasteiger partial charge < -0.3 is 4.74 Å². The fourth-order valence-electron chi connectivity index (χ4n) is 2.78. The lowest BCUT2D eigenvalue weighted by molar-refractivity contribution is 0.0662. The number of nitrogens with zero attached hydrogens (tertiary/aromatic N) is 4. The van der Waals surface area contributed by atoms with Gasteiger partial charge in [-0.2, -0.15) is 5.10 Å². The molecule has 1 fully saturated rings. The predicted octanol–water partition coefficient (Wildman–Crippen LogP) is 3.50. The number of hydrogen-bond acceptors (Lipinski definition) is 4. The van der Waals surface area contributed by atoms with E-state index in [4.69, 9.17) is 16.3 Å². The van der Waals surface area contributed by atoms with Gasteiger partial charge in [0, 0.05) is 36.7 Å². The predicted molar refractivity (Wildman–Crippen MR) is 84.9 cm³/mol. The van der Waals surface area contributed by atoms with E-state index < -0.39 is 0 Å². The van der Waals surface area contributed by atoms with Crippen molar-refractivity contribution in [3.05, 3.63) is 41.9 Å². The number of hydrogen-bond donors (Lipinski definition) is 0. The fraction of sp³-hybridized carbons (Fsp3) is 0.312. The van der Waals surface area contributed by atoms with Gasteiger partial charge in [-0.15, -0.1) is 0 Å². The van der Waals surface area contributed by atoms with Gasteiger partial charge in [0.15, 0.2) is 0 Å². The van der Waals surface area contributed by atoms with Gasteiger partial charge >= 0.3 is 0 Å². The van der Waals surface area contributed by atoms with E-state index in [0.29, 0.717) is 11.2 Å². The van der Waals surface area contributed by atoms with Gasteiger partial charge in [-0.3, -0.25) is 9.67 Å². The third-order valence-electron chi connectivity index (χ3n) is 4.00. The van der Waals surface area contributed by atoms with Crippen molar-refractivity contribution in [3.8, 4) is 11.1 Å². The van der Waals surface area contributed by atoms with Crippen molar-refractivity contribution in [1.29, 1.82) is 0 Å². The number of aromatic nitrogens is 4. The van der Waals surface area contributed by atoms with Crippen LogP contribution in [0.3, 0.4) is 0 Å². The molecule has 0 radical (unpaired) electrons. The van der Waals surface area contributed by atoms with E-state index in [0.717, 1.165) is 48.2 Å². The summed E-state index contributed by atoms with van der Waals surface area (Å²) in [5.41, 5.74) is 3.68. The maximum Gasteiger partial charge on any atom is 0.129 e. The first-order valence-corrected chi connectivity index (χ1v) is 7.72. The zero-order valence-corrected chi connectivity index (χ0v) is 12.7. The van der Waals surface area contributed by atoms with Gasteiger partial charge in [0.2, 0.25) is 0 Å². The summed E-state index contributed by atoms with van der Waals surface area (Å²) in [6.45, 7) is 1.61. The van der Waals surface area contributed by atoms with E-state index in [9.17, 15) is 0 Å².